The first-order valence-electron chi connectivity index (χ1n) is 6.38. The first-order valence-corrected chi connectivity index (χ1v) is 6.38. The normalized spacial score (nSPS) is 12.4. The monoisotopic (exact) mass is 261 g/mol. The number of halogens is 2. The van der Waals surface area contributed by atoms with Crippen LogP contribution >= 0.6 is 0 Å². The first kappa shape index (κ1) is 13.7. The van der Waals surface area contributed by atoms with Crippen LogP contribution < -0.4 is 5.73 Å². The number of hydrogen-bond donors (Lipinski definition) is 1. The van der Waals surface area contributed by atoms with Crippen LogP contribution in [0.4, 0.5) is 8.78 Å². The van der Waals surface area contributed by atoms with E-state index in [0.29, 0.717) is 12.0 Å². The maximum atomic E-state index is 13.6. The summed E-state index contributed by atoms with van der Waals surface area (Å²) in [7, 11) is 0. The molecular weight excluding hydrogens is 244 g/mol. The molecule has 0 aliphatic carbocycles. The molecule has 0 fully saturated rings. The van der Waals surface area contributed by atoms with Crippen molar-refractivity contribution in [2.75, 3.05) is 0 Å². The standard InChI is InChI=1S/C16H17F2N/c1-2-11-4-3-5-13(8-11)16(19)9-12-6-7-14(17)10-15(12)18/h3-8,10,16H,2,9,19H2,1H3. The quantitative estimate of drug-likeness (QED) is 0.890. The lowest BCUT2D eigenvalue weighted by Crippen LogP contribution is -2.14. The second kappa shape index (κ2) is 5.93. The van der Waals surface area contributed by atoms with Crippen molar-refractivity contribution in [1.29, 1.82) is 0 Å². The summed E-state index contributed by atoms with van der Waals surface area (Å²) in [4.78, 5) is 0. The number of nitrogens with two attached hydrogens (primary N) is 1. The Morgan fingerprint density at radius 1 is 1.11 bits per heavy atom. The molecule has 2 rings (SSSR count). The summed E-state index contributed by atoms with van der Waals surface area (Å²) in [5, 5.41) is 0. The highest BCUT2D eigenvalue weighted by Crippen LogP contribution is 2.20. The van der Waals surface area contributed by atoms with Gasteiger partial charge in [-0.25, -0.2) is 8.78 Å². The van der Waals surface area contributed by atoms with E-state index in [1.54, 1.807) is 0 Å². The van der Waals surface area contributed by atoms with Crippen molar-refractivity contribution >= 4 is 0 Å². The van der Waals surface area contributed by atoms with Gasteiger partial charge in [0.1, 0.15) is 11.6 Å². The van der Waals surface area contributed by atoms with E-state index in [4.69, 9.17) is 5.73 Å². The van der Waals surface area contributed by atoms with E-state index in [9.17, 15) is 8.78 Å². The molecule has 100 valence electrons. The lowest BCUT2D eigenvalue weighted by molar-refractivity contribution is 0.563. The molecule has 0 spiro atoms. The summed E-state index contributed by atoms with van der Waals surface area (Å²) in [6, 6.07) is 11.3. The topological polar surface area (TPSA) is 26.0 Å². The first-order chi connectivity index (χ1) is 9.10. The highest BCUT2D eigenvalue weighted by atomic mass is 19.1. The third-order valence-electron chi connectivity index (χ3n) is 3.24. The summed E-state index contributed by atoms with van der Waals surface area (Å²) < 4.78 is 26.4. The van der Waals surface area contributed by atoms with Gasteiger partial charge in [-0.2, -0.15) is 0 Å². The van der Waals surface area contributed by atoms with E-state index < -0.39 is 11.6 Å². The predicted octanol–water partition coefficient (Wildman–Crippen LogP) is 3.77. The van der Waals surface area contributed by atoms with Crippen molar-refractivity contribution in [3.63, 3.8) is 0 Å². The number of rotatable bonds is 4. The summed E-state index contributed by atoms with van der Waals surface area (Å²) in [5.41, 5.74) is 8.71. The number of aryl methyl sites for hydroxylation is 1. The van der Waals surface area contributed by atoms with Crippen LogP contribution in [0.1, 0.15) is 29.7 Å². The van der Waals surface area contributed by atoms with Crippen LogP contribution in [0.2, 0.25) is 0 Å². The lowest BCUT2D eigenvalue weighted by atomic mass is 9.97. The summed E-state index contributed by atoms with van der Waals surface area (Å²) in [6.07, 6.45) is 1.30. The lowest BCUT2D eigenvalue weighted by Gasteiger charge is -2.14. The molecule has 0 aromatic heterocycles. The van der Waals surface area contributed by atoms with Gasteiger partial charge in [0, 0.05) is 12.1 Å². The molecule has 0 saturated heterocycles. The van der Waals surface area contributed by atoms with E-state index in [0.717, 1.165) is 18.1 Å². The van der Waals surface area contributed by atoms with Crippen LogP contribution in [0.5, 0.6) is 0 Å². The van der Waals surface area contributed by atoms with E-state index in [1.807, 2.05) is 24.3 Å². The SMILES string of the molecule is CCc1cccc(C(N)Cc2ccc(F)cc2F)c1. The van der Waals surface area contributed by atoms with Crippen LogP contribution in [0.3, 0.4) is 0 Å². The van der Waals surface area contributed by atoms with Gasteiger partial charge in [-0.15, -0.1) is 0 Å². The highest BCUT2D eigenvalue weighted by Gasteiger charge is 2.11. The van der Waals surface area contributed by atoms with Crippen molar-refractivity contribution in [1.82, 2.24) is 0 Å². The van der Waals surface area contributed by atoms with Gasteiger partial charge in [0.2, 0.25) is 0 Å². The summed E-state index contributed by atoms with van der Waals surface area (Å²) >= 11 is 0. The zero-order valence-electron chi connectivity index (χ0n) is 10.9. The third-order valence-corrected chi connectivity index (χ3v) is 3.24. The molecule has 1 atom stereocenters. The molecule has 0 amide bonds. The van der Waals surface area contributed by atoms with Crippen LogP contribution in [0.25, 0.3) is 0 Å². The zero-order chi connectivity index (χ0) is 13.8. The van der Waals surface area contributed by atoms with Crippen molar-refractivity contribution in [2.24, 2.45) is 5.73 Å². The van der Waals surface area contributed by atoms with E-state index >= 15 is 0 Å². The highest BCUT2D eigenvalue weighted by molar-refractivity contribution is 5.28. The Morgan fingerprint density at radius 2 is 1.89 bits per heavy atom. The molecule has 0 heterocycles. The minimum absolute atomic E-state index is 0.286. The minimum Gasteiger partial charge on any atom is -0.324 e. The molecular formula is C16H17F2N. The van der Waals surface area contributed by atoms with Crippen LogP contribution in [0.15, 0.2) is 42.5 Å². The van der Waals surface area contributed by atoms with Crippen LogP contribution in [0, 0.1) is 11.6 Å². The fraction of sp³-hybridized carbons (Fsp3) is 0.250. The largest absolute Gasteiger partial charge is 0.324 e. The molecule has 2 aromatic carbocycles. The molecule has 2 aromatic rings. The fourth-order valence-corrected chi connectivity index (χ4v) is 2.09. The Hall–Kier alpha value is -1.74. The van der Waals surface area contributed by atoms with Crippen molar-refractivity contribution in [3.8, 4) is 0 Å². The van der Waals surface area contributed by atoms with Crippen LogP contribution in [-0.2, 0) is 12.8 Å². The van der Waals surface area contributed by atoms with E-state index in [-0.39, 0.29) is 6.04 Å². The Kier molecular flexibility index (Phi) is 4.27. The molecule has 0 radical (unpaired) electrons. The minimum atomic E-state index is -0.567. The number of benzene rings is 2. The smallest absolute Gasteiger partial charge is 0.129 e. The molecule has 0 bridgehead atoms. The Morgan fingerprint density at radius 3 is 2.58 bits per heavy atom. The molecule has 0 saturated carbocycles. The summed E-state index contributed by atoms with van der Waals surface area (Å²) in [6.45, 7) is 2.07. The molecule has 0 aliphatic rings. The van der Waals surface area contributed by atoms with E-state index in [2.05, 4.69) is 6.92 Å². The van der Waals surface area contributed by atoms with Gasteiger partial charge in [0.25, 0.3) is 0 Å². The van der Waals surface area contributed by atoms with Crippen molar-refractivity contribution in [2.45, 2.75) is 25.8 Å². The van der Waals surface area contributed by atoms with E-state index in [1.165, 1.54) is 17.7 Å². The van der Waals surface area contributed by atoms with Crippen molar-refractivity contribution in [3.05, 3.63) is 70.8 Å². The van der Waals surface area contributed by atoms with Gasteiger partial charge in [-0.3, -0.25) is 0 Å². The molecule has 1 unspecified atom stereocenters. The second-order valence-corrected chi connectivity index (χ2v) is 4.64. The van der Waals surface area contributed by atoms with Gasteiger partial charge in [-0.05, 0) is 35.6 Å². The van der Waals surface area contributed by atoms with Gasteiger partial charge in [0.15, 0.2) is 0 Å². The molecule has 3 heteroatoms. The fourth-order valence-electron chi connectivity index (χ4n) is 2.09. The average molecular weight is 261 g/mol. The maximum absolute atomic E-state index is 13.6. The average Bonchev–Trinajstić information content (AvgIpc) is 2.42. The Labute approximate surface area is 112 Å². The maximum Gasteiger partial charge on any atom is 0.129 e. The van der Waals surface area contributed by atoms with Gasteiger partial charge in [0.05, 0.1) is 0 Å². The zero-order valence-corrected chi connectivity index (χ0v) is 10.9. The summed E-state index contributed by atoms with van der Waals surface area (Å²) in [5.74, 6) is -1.11. The molecule has 2 N–H and O–H groups in total. The number of hydrogen-bond acceptors (Lipinski definition) is 1. The van der Waals surface area contributed by atoms with Crippen molar-refractivity contribution < 1.29 is 8.78 Å². The molecule has 0 aliphatic heterocycles. The third kappa shape index (κ3) is 3.38. The van der Waals surface area contributed by atoms with Crippen LogP contribution in [-0.4, -0.2) is 0 Å². The molecule has 19 heavy (non-hydrogen) atoms. The Balaban J connectivity index is 2.17. The molecule has 1 nitrogen and oxygen atoms in total. The van der Waals surface area contributed by atoms with Gasteiger partial charge < -0.3 is 5.73 Å². The Bertz CT molecular complexity index is 566. The van der Waals surface area contributed by atoms with Gasteiger partial charge >= 0.3 is 0 Å². The second-order valence-electron chi connectivity index (χ2n) is 4.64. The van der Waals surface area contributed by atoms with Gasteiger partial charge in [-0.1, -0.05) is 37.3 Å². The predicted molar refractivity (Wildman–Crippen MR) is 72.8 cm³/mol.